The van der Waals surface area contributed by atoms with E-state index in [0.717, 1.165) is 22.5 Å². The van der Waals surface area contributed by atoms with E-state index in [2.05, 4.69) is 10.6 Å². The summed E-state index contributed by atoms with van der Waals surface area (Å²) in [6.07, 6.45) is 2.85. The van der Waals surface area contributed by atoms with Gasteiger partial charge in [-0.05, 0) is 37.1 Å². The summed E-state index contributed by atoms with van der Waals surface area (Å²) in [6, 6.07) is 13.7. The molecule has 4 rings (SSSR count). The Morgan fingerprint density at radius 3 is 1.57 bits per heavy atom. The number of hydrogen-bond acceptors (Lipinski definition) is 4. The fourth-order valence-corrected chi connectivity index (χ4v) is 5.58. The number of benzene rings is 2. The molecule has 0 saturated carbocycles. The van der Waals surface area contributed by atoms with Gasteiger partial charge in [-0.2, -0.15) is 0 Å². The molecule has 0 radical (unpaired) electrons. The molecular weight excluding hydrogens is 444 g/mol. The van der Waals surface area contributed by atoms with Gasteiger partial charge in [0.2, 0.25) is 0 Å². The second-order valence-corrected chi connectivity index (χ2v) is 10.1. The predicted octanol–water partition coefficient (Wildman–Crippen LogP) is 4.22. The van der Waals surface area contributed by atoms with Crippen molar-refractivity contribution < 1.29 is 18.9 Å². The van der Waals surface area contributed by atoms with E-state index in [4.69, 9.17) is 0 Å². The van der Waals surface area contributed by atoms with Crippen LogP contribution in [0.5, 0.6) is 0 Å². The highest BCUT2D eigenvalue weighted by atomic mass is 16.6. The Kier molecular flexibility index (Phi) is 7.56. The van der Waals surface area contributed by atoms with Crippen molar-refractivity contribution in [3.05, 3.63) is 70.1 Å². The first-order chi connectivity index (χ1) is 16.7. The van der Waals surface area contributed by atoms with Gasteiger partial charge in [0.05, 0.1) is 26.2 Å². The number of anilines is 2. The van der Waals surface area contributed by atoms with Gasteiger partial charge < -0.3 is 30.3 Å². The topological polar surface area (TPSA) is 104 Å². The number of nitrogens with one attached hydrogen (secondary N) is 2. The van der Waals surface area contributed by atoms with E-state index in [1.54, 1.807) is 0 Å². The number of hydrogen-bond donors (Lipinski definition) is 2. The SMILES string of the molecule is Cc1ccccc1NC(=O)[C@@H]1CCC[N+]1([O-])CCC[N+]1([O-])CCC[C@H]1C(=O)Nc1ccccc1C. The van der Waals surface area contributed by atoms with Crippen molar-refractivity contribution in [3.8, 4) is 0 Å². The quantitative estimate of drug-likeness (QED) is 0.436. The average Bonchev–Trinajstić information content (AvgIpc) is 3.40. The number of para-hydroxylation sites is 2. The van der Waals surface area contributed by atoms with E-state index in [1.807, 2.05) is 62.4 Å². The molecule has 2 N–H and O–H groups in total. The summed E-state index contributed by atoms with van der Waals surface area (Å²) in [5.41, 5.74) is 3.34. The van der Waals surface area contributed by atoms with Crippen molar-refractivity contribution in [2.75, 3.05) is 36.8 Å². The van der Waals surface area contributed by atoms with Crippen LogP contribution in [-0.2, 0) is 9.59 Å². The molecule has 2 aliphatic heterocycles. The van der Waals surface area contributed by atoms with Gasteiger partial charge in [0.1, 0.15) is 0 Å². The number of hydroxylamine groups is 6. The fourth-order valence-electron chi connectivity index (χ4n) is 5.58. The Labute approximate surface area is 207 Å². The second kappa shape index (κ2) is 10.5. The minimum atomic E-state index is -0.673. The van der Waals surface area contributed by atoms with Crippen molar-refractivity contribution in [2.24, 2.45) is 0 Å². The first-order valence-electron chi connectivity index (χ1n) is 12.6. The van der Waals surface area contributed by atoms with Crippen molar-refractivity contribution in [1.82, 2.24) is 0 Å². The van der Waals surface area contributed by atoms with Crippen LogP contribution >= 0.6 is 0 Å². The van der Waals surface area contributed by atoms with Crippen molar-refractivity contribution in [3.63, 3.8) is 0 Å². The van der Waals surface area contributed by atoms with Crippen molar-refractivity contribution >= 4 is 23.2 Å². The number of quaternary nitrogens is 2. The summed E-state index contributed by atoms with van der Waals surface area (Å²) >= 11 is 0. The minimum Gasteiger partial charge on any atom is -0.632 e. The molecule has 0 aromatic heterocycles. The number of aryl methyl sites for hydroxylation is 2. The third-order valence-corrected chi connectivity index (χ3v) is 7.65. The van der Waals surface area contributed by atoms with E-state index >= 15 is 0 Å². The van der Waals surface area contributed by atoms with Gasteiger partial charge in [-0.25, -0.2) is 0 Å². The molecule has 8 heteroatoms. The van der Waals surface area contributed by atoms with Gasteiger partial charge in [0, 0.05) is 43.5 Å². The Morgan fingerprint density at radius 1 is 0.771 bits per heavy atom. The van der Waals surface area contributed by atoms with Crippen LogP contribution in [-0.4, -0.2) is 59.4 Å². The van der Waals surface area contributed by atoms with Gasteiger partial charge in [0.15, 0.2) is 12.1 Å². The lowest BCUT2D eigenvalue weighted by molar-refractivity contribution is -0.902. The Hall–Kier alpha value is -2.78. The highest BCUT2D eigenvalue weighted by Gasteiger charge is 2.43. The van der Waals surface area contributed by atoms with Crippen LogP contribution in [0.2, 0.25) is 0 Å². The lowest BCUT2D eigenvalue weighted by Crippen LogP contribution is -2.55. The third kappa shape index (κ3) is 5.56. The first kappa shape index (κ1) is 25.3. The number of carbonyl (C=O) groups is 2. The maximum absolute atomic E-state index is 13.6. The standard InChI is InChI=1S/C27H36N4O4/c1-20-10-3-5-12-22(20)28-26(32)24-14-7-16-30(24,34)18-9-19-31(35)17-8-15-25(31)27(33)29-23-13-6-4-11-21(23)2/h3-6,10-13,24-25H,7-9,14-19H2,1-2H3,(H,28,32)(H,29,33)/t24-,25-,30?,31?/m0/s1. The van der Waals surface area contributed by atoms with Crippen LogP contribution in [0.15, 0.2) is 48.5 Å². The molecule has 2 aliphatic rings. The molecule has 2 unspecified atom stereocenters. The zero-order chi connectivity index (χ0) is 25.1. The summed E-state index contributed by atoms with van der Waals surface area (Å²) in [4.78, 5) is 25.9. The largest absolute Gasteiger partial charge is 0.632 e. The minimum absolute atomic E-state index is 0.209. The summed E-state index contributed by atoms with van der Waals surface area (Å²) in [6.45, 7) is 5.01. The molecule has 0 aliphatic carbocycles. The van der Waals surface area contributed by atoms with Gasteiger partial charge in [-0.1, -0.05) is 36.4 Å². The van der Waals surface area contributed by atoms with Crippen LogP contribution in [0.1, 0.15) is 43.2 Å². The molecule has 0 bridgehead atoms. The highest BCUT2D eigenvalue weighted by molar-refractivity contribution is 5.95. The van der Waals surface area contributed by atoms with Crippen LogP contribution in [0, 0.1) is 24.3 Å². The lowest BCUT2D eigenvalue weighted by atomic mass is 10.1. The zero-order valence-electron chi connectivity index (χ0n) is 20.7. The monoisotopic (exact) mass is 480 g/mol. The summed E-state index contributed by atoms with van der Waals surface area (Å²) in [5, 5.41) is 33.1. The normalized spacial score (nSPS) is 28.1. The van der Waals surface area contributed by atoms with Gasteiger partial charge in [-0.15, -0.1) is 0 Å². The van der Waals surface area contributed by atoms with Crippen LogP contribution in [0.3, 0.4) is 0 Å². The van der Waals surface area contributed by atoms with Gasteiger partial charge >= 0.3 is 0 Å². The molecule has 8 nitrogen and oxygen atoms in total. The molecule has 35 heavy (non-hydrogen) atoms. The number of amides is 2. The highest BCUT2D eigenvalue weighted by Crippen LogP contribution is 2.31. The summed E-state index contributed by atoms with van der Waals surface area (Å²) < 4.78 is -1.20. The first-order valence-corrected chi connectivity index (χ1v) is 12.6. The Balaban J connectivity index is 1.35. The number of carbonyl (C=O) groups excluding carboxylic acids is 2. The summed E-state index contributed by atoms with van der Waals surface area (Å²) in [7, 11) is 0. The molecule has 2 aromatic rings. The second-order valence-electron chi connectivity index (χ2n) is 10.1. The fraction of sp³-hybridized carbons (Fsp3) is 0.481. The molecule has 4 atom stereocenters. The molecular formula is C27H36N4O4. The number of rotatable bonds is 8. The van der Waals surface area contributed by atoms with E-state index < -0.39 is 21.4 Å². The third-order valence-electron chi connectivity index (χ3n) is 7.65. The van der Waals surface area contributed by atoms with E-state index in [-0.39, 0.29) is 24.9 Å². The van der Waals surface area contributed by atoms with Gasteiger partial charge in [-0.3, -0.25) is 9.59 Å². The van der Waals surface area contributed by atoms with E-state index in [0.29, 0.717) is 45.2 Å². The van der Waals surface area contributed by atoms with Crippen molar-refractivity contribution in [1.29, 1.82) is 0 Å². The maximum atomic E-state index is 13.6. The number of likely N-dealkylation sites (tertiary alicyclic amines) is 2. The van der Waals surface area contributed by atoms with Crippen LogP contribution < -0.4 is 10.6 Å². The predicted molar refractivity (Wildman–Crippen MR) is 137 cm³/mol. The summed E-state index contributed by atoms with van der Waals surface area (Å²) in [5.74, 6) is -0.510. The molecule has 2 amide bonds. The van der Waals surface area contributed by atoms with Crippen LogP contribution in [0.4, 0.5) is 11.4 Å². The smallest absolute Gasteiger partial charge is 0.283 e. The lowest BCUT2D eigenvalue weighted by Gasteiger charge is -2.46. The zero-order valence-corrected chi connectivity index (χ0v) is 20.7. The van der Waals surface area contributed by atoms with Crippen molar-refractivity contribution in [2.45, 2.75) is 58.0 Å². The van der Waals surface area contributed by atoms with E-state index in [9.17, 15) is 20.0 Å². The molecule has 2 heterocycles. The molecule has 188 valence electrons. The number of nitrogens with zero attached hydrogens (tertiary/aromatic N) is 2. The van der Waals surface area contributed by atoms with Crippen LogP contribution in [0.25, 0.3) is 0 Å². The molecule has 0 spiro atoms. The molecule has 2 fully saturated rings. The Morgan fingerprint density at radius 2 is 1.17 bits per heavy atom. The Bertz CT molecular complexity index is 993. The van der Waals surface area contributed by atoms with Gasteiger partial charge in [0.25, 0.3) is 11.8 Å². The molecule has 2 saturated heterocycles. The van der Waals surface area contributed by atoms with E-state index in [1.165, 1.54) is 0 Å². The average molecular weight is 481 g/mol. The maximum Gasteiger partial charge on any atom is 0.283 e. The molecule has 2 aromatic carbocycles.